The third kappa shape index (κ3) is 3.26. The van der Waals surface area contributed by atoms with Gasteiger partial charge in [-0.2, -0.15) is 0 Å². The summed E-state index contributed by atoms with van der Waals surface area (Å²) in [6, 6.07) is 4.97. The molecule has 3 aromatic rings. The molecule has 0 saturated heterocycles. The quantitative estimate of drug-likeness (QED) is 0.583. The lowest BCUT2D eigenvalue weighted by Crippen LogP contribution is -2.39. The predicted molar refractivity (Wildman–Crippen MR) is 109 cm³/mol. The maximum atomic E-state index is 15.1. The molecule has 0 amide bonds. The Labute approximate surface area is 176 Å². The number of rotatable bonds is 5. The number of halogens is 3. The van der Waals surface area contributed by atoms with Crippen LogP contribution in [0.5, 0.6) is 5.75 Å². The Hall–Kier alpha value is -3.29. The molecule has 31 heavy (non-hydrogen) atoms. The van der Waals surface area contributed by atoms with Crippen LogP contribution in [-0.4, -0.2) is 26.7 Å². The number of aromatic nitrogens is 1. The maximum absolute atomic E-state index is 15.1. The fraction of sp³-hybridized carbons (Fsp3) is 0.304. The number of carbonyl (C=O) groups is 2. The first-order chi connectivity index (χ1) is 14.5. The first-order valence-corrected chi connectivity index (χ1v) is 9.72. The second-order valence-electron chi connectivity index (χ2n) is 7.84. The van der Waals surface area contributed by atoms with Gasteiger partial charge in [-0.15, -0.1) is 0 Å². The number of aliphatic carboxylic acids is 1. The van der Waals surface area contributed by atoms with E-state index in [1.807, 2.05) is 0 Å². The van der Waals surface area contributed by atoms with Crippen LogP contribution in [0.25, 0.3) is 10.9 Å². The first kappa shape index (κ1) is 22.4. The minimum atomic E-state index is -1.59. The molecule has 5 nitrogen and oxygen atoms in total. The van der Waals surface area contributed by atoms with Crippen molar-refractivity contribution < 1.29 is 33.0 Å². The highest BCUT2D eigenvalue weighted by Gasteiger charge is 2.45. The molecule has 0 spiro atoms. The van der Waals surface area contributed by atoms with Crippen LogP contribution in [0, 0.1) is 30.3 Å². The van der Waals surface area contributed by atoms with Crippen molar-refractivity contribution in [3.05, 3.63) is 64.6 Å². The molecule has 3 rings (SSSR count). The number of fused-ring (bicyclic) bond motifs is 1. The fourth-order valence-electron chi connectivity index (χ4n) is 4.08. The van der Waals surface area contributed by atoms with Gasteiger partial charge in [0.2, 0.25) is 0 Å². The number of phenolic OH excluding ortho intramolecular Hbond substituents is 1. The molecule has 164 valence electrons. The Kier molecular flexibility index (Phi) is 5.60. The second-order valence-corrected chi connectivity index (χ2v) is 7.84. The molecule has 8 heteroatoms. The maximum Gasteiger partial charge on any atom is 0.314 e. The van der Waals surface area contributed by atoms with E-state index in [0.29, 0.717) is 6.42 Å². The molecular formula is C23H22F3NO4. The molecule has 0 radical (unpaired) electrons. The highest BCUT2D eigenvalue weighted by molar-refractivity contribution is 6.06. The van der Waals surface area contributed by atoms with Gasteiger partial charge in [0, 0.05) is 22.2 Å². The van der Waals surface area contributed by atoms with Crippen LogP contribution in [0.2, 0.25) is 0 Å². The molecule has 0 aliphatic carbocycles. The van der Waals surface area contributed by atoms with Crippen molar-refractivity contribution in [3.63, 3.8) is 0 Å². The van der Waals surface area contributed by atoms with Crippen LogP contribution in [-0.2, 0) is 10.2 Å². The summed E-state index contributed by atoms with van der Waals surface area (Å²) in [5.41, 5.74) is -1.58. The van der Waals surface area contributed by atoms with Crippen LogP contribution >= 0.6 is 0 Å². The molecular weight excluding hydrogens is 411 g/mol. The predicted octanol–water partition coefficient (Wildman–Crippen LogP) is 5.15. The lowest BCUT2D eigenvalue weighted by atomic mass is 9.70. The number of carboxylic acid groups (broad SMARTS) is 1. The van der Waals surface area contributed by atoms with Gasteiger partial charge < -0.3 is 10.2 Å². The lowest BCUT2D eigenvalue weighted by molar-refractivity contribution is -0.145. The van der Waals surface area contributed by atoms with E-state index in [1.165, 1.54) is 19.9 Å². The molecule has 1 aromatic heterocycles. The number of aromatic hydroxyl groups is 1. The van der Waals surface area contributed by atoms with Gasteiger partial charge in [0.1, 0.15) is 0 Å². The Bertz CT molecular complexity index is 1220. The molecule has 2 atom stereocenters. The van der Waals surface area contributed by atoms with Gasteiger partial charge in [0.05, 0.1) is 10.9 Å². The molecule has 0 aliphatic heterocycles. The zero-order valence-corrected chi connectivity index (χ0v) is 17.5. The number of carboxylic acids is 1. The highest BCUT2D eigenvalue weighted by atomic mass is 19.2. The number of nitrogens with zero attached hydrogens (tertiary/aromatic N) is 1. The topological polar surface area (TPSA) is 79.5 Å². The van der Waals surface area contributed by atoms with E-state index < -0.39 is 46.4 Å². The van der Waals surface area contributed by atoms with Crippen LogP contribution < -0.4 is 0 Å². The molecule has 2 N–H and O–H groups in total. The standard InChI is InChI=1S/C23H22F3NO4/c1-5-11(2)23(4,22(30)31)19-12(3)27(16-8-9-17(28)20(26)18(16)19)21(29)13-6-7-14(24)15(25)10-13/h6-11,28H,5H2,1-4H3,(H,30,31)/t11?,23-/m1/s1. The average molecular weight is 433 g/mol. The third-order valence-electron chi connectivity index (χ3n) is 6.22. The normalized spacial score (nSPS) is 14.4. The van der Waals surface area contributed by atoms with E-state index in [1.54, 1.807) is 13.8 Å². The fourth-order valence-corrected chi connectivity index (χ4v) is 4.08. The van der Waals surface area contributed by atoms with Crippen molar-refractivity contribution in [2.45, 2.75) is 39.5 Å². The van der Waals surface area contributed by atoms with E-state index in [4.69, 9.17) is 0 Å². The summed E-state index contributed by atoms with van der Waals surface area (Å²) in [4.78, 5) is 25.6. The summed E-state index contributed by atoms with van der Waals surface area (Å²) >= 11 is 0. The Morgan fingerprint density at radius 2 is 1.77 bits per heavy atom. The SMILES string of the molecule is CCC(C)[C@@](C)(C(=O)O)c1c(C)n(C(=O)c2ccc(F)c(F)c2)c2ccc(O)c(F)c12. The van der Waals surface area contributed by atoms with E-state index in [0.717, 1.165) is 28.8 Å². The second kappa shape index (κ2) is 7.76. The van der Waals surface area contributed by atoms with Crippen molar-refractivity contribution in [3.8, 4) is 5.75 Å². The minimum Gasteiger partial charge on any atom is -0.505 e. The highest BCUT2D eigenvalue weighted by Crippen LogP contribution is 2.44. The van der Waals surface area contributed by atoms with Crippen LogP contribution in [0.4, 0.5) is 13.2 Å². The van der Waals surface area contributed by atoms with Crippen molar-refractivity contribution in [2.24, 2.45) is 5.92 Å². The minimum absolute atomic E-state index is 0.0216. The van der Waals surface area contributed by atoms with Gasteiger partial charge in [0.15, 0.2) is 23.2 Å². The lowest BCUT2D eigenvalue weighted by Gasteiger charge is -2.32. The van der Waals surface area contributed by atoms with Gasteiger partial charge in [-0.25, -0.2) is 13.2 Å². The largest absolute Gasteiger partial charge is 0.505 e. The summed E-state index contributed by atoms with van der Waals surface area (Å²) in [5.74, 6) is -6.55. The van der Waals surface area contributed by atoms with E-state index in [2.05, 4.69) is 0 Å². The molecule has 0 aliphatic rings. The molecule has 1 unspecified atom stereocenters. The number of hydrogen-bond donors (Lipinski definition) is 2. The summed E-state index contributed by atoms with van der Waals surface area (Å²) < 4.78 is 43.3. The first-order valence-electron chi connectivity index (χ1n) is 9.72. The molecule has 0 saturated carbocycles. The van der Waals surface area contributed by atoms with Crippen molar-refractivity contribution >= 4 is 22.8 Å². The Balaban J connectivity index is 2.44. The van der Waals surface area contributed by atoms with Crippen LogP contribution in [0.1, 0.15) is 48.8 Å². The van der Waals surface area contributed by atoms with Crippen LogP contribution in [0.15, 0.2) is 30.3 Å². The van der Waals surface area contributed by atoms with E-state index in [9.17, 15) is 28.6 Å². The summed E-state index contributed by atoms with van der Waals surface area (Å²) in [6.07, 6.45) is 0.451. The monoisotopic (exact) mass is 433 g/mol. The van der Waals surface area contributed by atoms with Gasteiger partial charge in [-0.3, -0.25) is 14.2 Å². The summed E-state index contributed by atoms with van der Waals surface area (Å²) in [6.45, 7) is 6.41. The van der Waals surface area contributed by atoms with E-state index >= 15 is 4.39 Å². The average Bonchev–Trinajstić information content (AvgIpc) is 3.03. The number of benzene rings is 2. The van der Waals surface area contributed by atoms with Gasteiger partial charge in [-0.05, 0) is 50.1 Å². The zero-order chi connectivity index (χ0) is 23.2. The number of hydrogen-bond acceptors (Lipinski definition) is 3. The molecule has 0 bridgehead atoms. The van der Waals surface area contributed by atoms with Gasteiger partial charge >= 0.3 is 5.97 Å². The van der Waals surface area contributed by atoms with Crippen molar-refractivity contribution in [2.75, 3.05) is 0 Å². The third-order valence-corrected chi connectivity index (χ3v) is 6.22. The van der Waals surface area contributed by atoms with E-state index in [-0.39, 0.29) is 27.7 Å². The summed E-state index contributed by atoms with van der Waals surface area (Å²) in [5, 5.41) is 19.9. The van der Waals surface area contributed by atoms with Gasteiger partial charge in [0.25, 0.3) is 5.91 Å². The molecule has 1 heterocycles. The van der Waals surface area contributed by atoms with Gasteiger partial charge in [-0.1, -0.05) is 20.3 Å². The zero-order valence-electron chi connectivity index (χ0n) is 17.5. The molecule has 0 fully saturated rings. The summed E-state index contributed by atoms with van der Waals surface area (Å²) in [7, 11) is 0. The van der Waals surface area contributed by atoms with Crippen molar-refractivity contribution in [1.29, 1.82) is 0 Å². The van der Waals surface area contributed by atoms with Crippen molar-refractivity contribution in [1.82, 2.24) is 4.57 Å². The number of carbonyl (C=O) groups excluding carboxylic acids is 1. The Morgan fingerprint density at radius 1 is 1.13 bits per heavy atom. The molecule has 2 aromatic carbocycles. The van der Waals surface area contributed by atoms with Crippen LogP contribution in [0.3, 0.4) is 0 Å². The Morgan fingerprint density at radius 3 is 2.32 bits per heavy atom. The smallest absolute Gasteiger partial charge is 0.314 e. The number of phenols is 1.